The Balaban J connectivity index is 1.52. The third kappa shape index (κ3) is 3.13. The Morgan fingerprint density at radius 2 is 2.17 bits per heavy atom. The van der Waals surface area contributed by atoms with Crippen LogP contribution in [0.2, 0.25) is 0 Å². The number of nitrogens with zero attached hydrogens (tertiary/aromatic N) is 4. The zero-order valence-electron chi connectivity index (χ0n) is 13.6. The predicted octanol–water partition coefficient (Wildman–Crippen LogP) is 2.77. The summed E-state index contributed by atoms with van der Waals surface area (Å²) in [5.74, 6) is 2.14. The largest absolute Gasteiger partial charge is 0.477 e. The summed E-state index contributed by atoms with van der Waals surface area (Å²) in [6.07, 6.45) is 8.85. The molecule has 1 saturated heterocycles. The number of anilines is 1. The molecule has 6 nitrogen and oxygen atoms in total. The molecule has 0 bridgehead atoms. The molecule has 2 fully saturated rings. The molecule has 1 atom stereocenters. The molecule has 2 aromatic heterocycles. The summed E-state index contributed by atoms with van der Waals surface area (Å²) in [5.41, 5.74) is 0.102. The molecule has 1 saturated carbocycles. The number of carboxylic acid groups (broad SMARTS) is 1. The molecule has 1 N–H and O–H groups in total. The molecule has 0 aromatic carbocycles. The SMILES string of the molecule is O=C(O)c1cccc(N2CCC[C@H](c3nccn3CC3CC3)C2)n1. The molecule has 0 spiro atoms. The lowest BCUT2D eigenvalue weighted by atomic mass is 9.97. The number of carbonyl (C=O) groups is 1. The van der Waals surface area contributed by atoms with E-state index in [1.54, 1.807) is 6.07 Å². The van der Waals surface area contributed by atoms with Crippen LogP contribution >= 0.6 is 0 Å². The zero-order valence-corrected chi connectivity index (χ0v) is 13.6. The normalized spacial score (nSPS) is 21.0. The molecule has 6 heteroatoms. The van der Waals surface area contributed by atoms with Crippen LogP contribution in [0.15, 0.2) is 30.6 Å². The van der Waals surface area contributed by atoms with Gasteiger partial charge in [0.1, 0.15) is 11.6 Å². The highest BCUT2D eigenvalue weighted by Crippen LogP contribution is 2.33. The van der Waals surface area contributed by atoms with Crippen LogP contribution in [0, 0.1) is 5.92 Å². The van der Waals surface area contributed by atoms with Gasteiger partial charge in [0.15, 0.2) is 5.69 Å². The summed E-state index contributed by atoms with van der Waals surface area (Å²) >= 11 is 0. The van der Waals surface area contributed by atoms with Crippen molar-refractivity contribution in [2.45, 2.75) is 38.1 Å². The topological polar surface area (TPSA) is 71.2 Å². The van der Waals surface area contributed by atoms with E-state index in [1.807, 2.05) is 12.3 Å². The van der Waals surface area contributed by atoms with Crippen LogP contribution in [-0.4, -0.2) is 38.7 Å². The summed E-state index contributed by atoms with van der Waals surface area (Å²) in [6.45, 7) is 2.84. The van der Waals surface area contributed by atoms with Gasteiger partial charge < -0.3 is 14.6 Å². The van der Waals surface area contributed by atoms with Gasteiger partial charge in [0.05, 0.1) is 0 Å². The Labute approximate surface area is 141 Å². The standard InChI is InChI=1S/C18H22N4O2/c23-18(24)15-4-1-5-16(20-15)21-9-2-3-14(12-21)17-19-8-10-22(17)11-13-6-7-13/h1,4-5,8,10,13-14H,2-3,6-7,9,11-12H2,(H,23,24)/t14-/m0/s1. The number of rotatable bonds is 5. The number of hydrogen-bond donors (Lipinski definition) is 1. The molecule has 24 heavy (non-hydrogen) atoms. The van der Waals surface area contributed by atoms with Gasteiger partial charge in [-0.3, -0.25) is 0 Å². The highest BCUT2D eigenvalue weighted by molar-refractivity contribution is 5.85. The van der Waals surface area contributed by atoms with Crippen LogP contribution in [0.25, 0.3) is 0 Å². The Morgan fingerprint density at radius 1 is 1.29 bits per heavy atom. The van der Waals surface area contributed by atoms with Gasteiger partial charge in [-0.15, -0.1) is 0 Å². The van der Waals surface area contributed by atoms with E-state index in [4.69, 9.17) is 5.11 Å². The number of aromatic nitrogens is 3. The van der Waals surface area contributed by atoms with E-state index < -0.39 is 5.97 Å². The van der Waals surface area contributed by atoms with Gasteiger partial charge in [-0.25, -0.2) is 14.8 Å². The quantitative estimate of drug-likeness (QED) is 0.915. The fourth-order valence-electron chi connectivity index (χ4n) is 3.53. The van der Waals surface area contributed by atoms with E-state index >= 15 is 0 Å². The Kier molecular flexibility index (Phi) is 3.96. The minimum Gasteiger partial charge on any atom is -0.477 e. The highest BCUT2D eigenvalue weighted by Gasteiger charge is 2.28. The van der Waals surface area contributed by atoms with Crippen molar-refractivity contribution >= 4 is 11.8 Å². The van der Waals surface area contributed by atoms with E-state index in [-0.39, 0.29) is 5.69 Å². The minimum absolute atomic E-state index is 0.102. The summed E-state index contributed by atoms with van der Waals surface area (Å²) in [4.78, 5) is 22.2. The van der Waals surface area contributed by atoms with E-state index in [1.165, 1.54) is 24.7 Å². The first-order chi connectivity index (χ1) is 11.7. The number of piperidine rings is 1. The second-order valence-corrected chi connectivity index (χ2v) is 6.85. The van der Waals surface area contributed by atoms with Gasteiger partial charge in [-0.2, -0.15) is 0 Å². The summed E-state index contributed by atoms with van der Waals surface area (Å²) in [6, 6.07) is 5.20. The van der Waals surface area contributed by atoms with Crippen molar-refractivity contribution in [1.82, 2.24) is 14.5 Å². The first-order valence-electron chi connectivity index (χ1n) is 8.67. The molecule has 2 aliphatic rings. The first-order valence-corrected chi connectivity index (χ1v) is 8.67. The van der Waals surface area contributed by atoms with Crippen molar-refractivity contribution < 1.29 is 9.90 Å². The van der Waals surface area contributed by atoms with Crippen LogP contribution in [0.1, 0.15) is 47.9 Å². The lowest BCUT2D eigenvalue weighted by molar-refractivity contribution is 0.0690. The summed E-state index contributed by atoms with van der Waals surface area (Å²) in [7, 11) is 0. The number of hydrogen-bond acceptors (Lipinski definition) is 4. The van der Waals surface area contributed by atoms with E-state index in [9.17, 15) is 4.79 Å². The van der Waals surface area contributed by atoms with Crippen molar-refractivity contribution in [3.8, 4) is 0 Å². The van der Waals surface area contributed by atoms with Crippen molar-refractivity contribution in [2.75, 3.05) is 18.0 Å². The molecule has 0 amide bonds. The number of pyridine rings is 1. The van der Waals surface area contributed by atoms with Gasteiger partial charge in [-0.05, 0) is 43.7 Å². The van der Waals surface area contributed by atoms with Crippen LogP contribution in [0.3, 0.4) is 0 Å². The lowest BCUT2D eigenvalue weighted by Gasteiger charge is -2.33. The van der Waals surface area contributed by atoms with Gasteiger partial charge in [0.25, 0.3) is 0 Å². The second-order valence-electron chi connectivity index (χ2n) is 6.85. The van der Waals surface area contributed by atoms with Crippen LogP contribution in [-0.2, 0) is 6.54 Å². The lowest BCUT2D eigenvalue weighted by Crippen LogP contribution is -2.36. The first kappa shape index (κ1) is 15.2. The van der Waals surface area contributed by atoms with E-state index in [2.05, 4.69) is 25.6 Å². The number of carboxylic acids is 1. The smallest absolute Gasteiger partial charge is 0.354 e. The van der Waals surface area contributed by atoms with Gasteiger partial charge >= 0.3 is 5.97 Å². The van der Waals surface area contributed by atoms with Gasteiger partial charge in [-0.1, -0.05) is 6.07 Å². The van der Waals surface area contributed by atoms with E-state index in [0.717, 1.165) is 44.2 Å². The monoisotopic (exact) mass is 326 g/mol. The fourth-order valence-corrected chi connectivity index (χ4v) is 3.53. The Bertz CT molecular complexity index is 738. The summed E-state index contributed by atoms with van der Waals surface area (Å²) < 4.78 is 2.31. The second kappa shape index (κ2) is 6.26. The maximum absolute atomic E-state index is 11.1. The molecule has 3 heterocycles. The molecule has 126 valence electrons. The van der Waals surface area contributed by atoms with Crippen LogP contribution in [0.4, 0.5) is 5.82 Å². The minimum atomic E-state index is -0.981. The van der Waals surface area contributed by atoms with Gasteiger partial charge in [0.2, 0.25) is 0 Å². The molecule has 1 aliphatic heterocycles. The Hall–Kier alpha value is -2.37. The zero-order chi connectivity index (χ0) is 16.5. The maximum atomic E-state index is 11.1. The van der Waals surface area contributed by atoms with E-state index in [0.29, 0.717) is 5.92 Å². The average molecular weight is 326 g/mol. The Morgan fingerprint density at radius 3 is 2.96 bits per heavy atom. The maximum Gasteiger partial charge on any atom is 0.354 e. The molecule has 2 aromatic rings. The third-order valence-electron chi connectivity index (χ3n) is 4.96. The average Bonchev–Trinajstić information content (AvgIpc) is 3.30. The predicted molar refractivity (Wildman–Crippen MR) is 90.3 cm³/mol. The van der Waals surface area contributed by atoms with Crippen LogP contribution < -0.4 is 4.90 Å². The molecule has 0 radical (unpaired) electrons. The van der Waals surface area contributed by atoms with Gasteiger partial charge in [0, 0.05) is 37.9 Å². The molecule has 1 aliphatic carbocycles. The highest BCUT2D eigenvalue weighted by atomic mass is 16.4. The van der Waals surface area contributed by atoms with Crippen molar-refractivity contribution in [1.29, 1.82) is 0 Å². The number of aromatic carboxylic acids is 1. The molecule has 4 rings (SSSR count). The van der Waals surface area contributed by atoms with Crippen molar-refractivity contribution in [3.05, 3.63) is 42.1 Å². The van der Waals surface area contributed by atoms with Crippen molar-refractivity contribution in [3.63, 3.8) is 0 Å². The molecule has 0 unspecified atom stereocenters. The van der Waals surface area contributed by atoms with Crippen LogP contribution in [0.5, 0.6) is 0 Å². The molecular weight excluding hydrogens is 304 g/mol. The van der Waals surface area contributed by atoms with Crippen molar-refractivity contribution in [2.24, 2.45) is 5.92 Å². The fraction of sp³-hybridized carbons (Fsp3) is 0.500. The number of imidazole rings is 1. The third-order valence-corrected chi connectivity index (χ3v) is 4.96. The summed E-state index contributed by atoms with van der Waals surface area (Å²) in [5, 5.41) is 9.14. The molecular formula is C18H22N4O2.